The highest BCUT2D eigenvalue weighted by atomic mass is 32.1. The van der Waals surface area contributed by atoms with Crippen molar-refractivity contribution in [3.63, 3.8) is 0 Å². The van der Waals surface area contributed by atoms with Crippen LogP contribution in [0.4, 0.5) is 15.5 Å². The molecule has 0 spiro atoms. The van der Waals surface area contributed by atoms with E-state index < -0.39 is 17.7 Å². The summed E-state index contributed by atoms with van der Waals surface area (Å²) in [5, 5.41) is 27.1. The van der Waals surface area contributed by atoms with Gasteiger partial charge in [0.25, 0.3) is 0 Å². The summed E-state index contributed by atoms with van der Waals surface area (Å²) in [6, 6.07) is 3.16. The van der Waals surface area contributed by atoms with Crippen LogP contribution >= 0.6 is 11.5 Å². The van der Waals surface area contributed by atoms with Crippen LogP contribution in [0, 0.1) is 0 Å². The van der Waals surface area contributed by atoms with E-state index in [1.807, 2.05) is 0 Å². The molecule has 1 aromatic carbocycles. The summed E-state index contributed by atoms with van der Waals surface area (Å²) in [5.41, 5.74) is 0.0232. The second-order valence-corrected chi connectivity index (χ2v) is 4.18. The number of phenols is 1. The minimum Gasteiger partial charge on any atom is -0.507 e. The third-order valence-corrected chi connectivity index (χ3v) is 2.66. The van der Waals surface area contributed by atoms with Crippen molar-refractivity contribution in [1.29, 1.82) is 0 Å². The fourth-order valence-electron chi connectivity index (χ4n) is 1.29. The van der Waals surface area contributed by atoms with Crippen molar-refractivity contribution in [2.45, 2.75) is 0 Å². The van der Waals surface area contributed by atoms with E-state index in [4.69, 9.17) is 5.11 Å². The molecule has 0 atom stereocenters. The van der Waals surface area contributed by atoms with E-state index >= 15 is 0 Å². The number of carbonyl (C=O) groups is 2. The van der Waals surface area contributed by atoms with Gasteiger partial charge in [-0.3, -0.25) is 5.32 Å². The third-order valence-electron chi connectivity index (χ3n) is 2.08. The van der Waals surface area contributed by atoms with Gasteiger partial charge in [-0.05, 0) is 12.1 Å². The van der Waals surface area contributed by atoms with Crippen LogP contribution < -0.4 is 10.6 Å². The van der Waals surface area contributed by atoms with Gasteiger partial charge in [-0.15, -0.1) is 5.10 Å². The summed E-state index contributed by atoms with van der Waals surface area (Å²) < 4.78 is 3.57. The first kappa shape index (κ1) is 12.8. The quantitative estimate of drug-likeness (QED) is 0.676. The minimum atomic E-state index is -1.25. The number of carboxylic acid groups (broad SMARTS) is 1. The molecule has 98 valence electrons. The molecule has 0 unspecified atom stereocenters. The molecule has 19 heavy (non-hydrogen) atoms. The molecule has 2 amide bonds. The molecule has 0 bridgehead atoms. The third kappa shape index (κ3) is 3.16. The smallest absolute Gasteiger partial charge is 0.339 e. The lowest BCUT2D eigenvalue weighted by Crippen LogP contribution is -2.18. The van der Waals surface area contributed by atoms with E-state index in [1.165, 1.54) is 18.3 Å². The number of rotatable bonds is 3. The van der Waals surface area contributed by atoms with E-state index in [9.17, 15) is 14.7 Å². The number of hydrogen-bond acceptors (Lipinski definition) is 6. The van der Waals surface area contributed by atoms with E-state index in [1.54, 1.807) is 0 Å². The molecule has 0 aliphatic rings. The Balaban J connectivity index is 2.05. The zero-order valence-electron chi connectivity index (χ0n) is 9.32. The lowest BCUT2D eigenvalue weighted by Gasteiger charge is -2.07. The number of benzene rings is 1. The molecule has 1 aromatic heterocycles. The second-order valence-electron chi connectivity index (χ2n) is 3.40. The Morgan fingerprint density at radius 3 is 2.63 bits per heavy atom. The summed E-state index contributed by atoms with van der Waals surface area (Å²) in [6.45, 7) is 0. The van der Waals surface area contributed by atoms with Gasteiger partial charge >= 0.3 is 12.0 Å². The van der Waals surface area contributed by atoms with Crippen molar-refractivity contribution in [2.24, 2.45) is 0 Å². The van der Waals surface area contributed by atoms with Gasteiger partial charge in [0.05, 0.1) is 6.20 Å². The first-order valence-electron chi connectivity index (χ1n) is 4.98. The molecular formula is C10H8N4O4S. The van der Waals surface area contributed by atoms with Gasteiger partial charge in [0.2, 0.25) is 0 Å². The molecule has 2 aromatic rings. The summed E-state index contributed by atoms with van der Waals surface area (Å²) in [4.78, 5) is 22.2. The van der Waals surface area contributed by atoms with Gasteiger partial charge in [-0.2, -0.15) is 0 Å². The molecular weight excluding hydrogens is 272 g/mol. The van der Waals surface area contributed by atoms with Crippen molar-refractivity contribution in [3.8, 4) is 5.75 Å². The second kappa shape index (κ2) is 5.31. The molecule has 0 saturated heterocycles. The van der Waals surface area contributed by atoms with Crippen LogP contribution in [0.15, 0.2) is 24.4 Å². The number of amides is 2. The van der Waals surface area contributed by atoms with Crippen LogP contribution in [0.5, 0.6) is 5.75 Å². The van der Waals surface area contributed by atoms with Crippen LogP contribution in [-0.2, 0) is 0 Å². The van der Waals surface area contributed by atoms with Crippen molar-refractivity contribution in [2.75, 3.05) is 10.6 Å². The normalized spacial score (nSPS) is 9.89. The van der Waals surface area contributed by atoms with Gasteiger partial charge in [-0.1, -0.05) is 4.49 Å². The number of aromatic nitrogens is 2. The molecule has 0 saturated carbocycles. The van der Waals surface area contributed by atoms with Gasteiger partial charge in [-0.25, -0.2) is 9.59 Å². The lowest BCUT2D eigenvalue weighted by molar-refractivity contribution is 0.0694. The first-order valence-corrected chi connectivity index (χ1v) is 5.75. The number of aromatic hydroxyl groups is 1. The summed E-state index contributed by atoms with van der Waals surface area (Å²) in [7, 11) is 0. The average Bonchev–Trinajstić information content (AvgIpc) is 2.81. The molecule has 2 rings (SSSR count). The number of nitrogens with zero attached hydrogens (tertiary/aromatic N) is 2. The number of hydrogen-bond donors (Lipinski definition) is 4. The molecule has 8 nitrogen and oxygen atoms in total. The average molecular weight is 280 g/mol. The van der Waals surface area contributed by atoms with E-state index in [-0.39, 0.29) is 11.3 Å². The molecule has 0 fully saturated rings. The SMILES string of the molecule is O=C(Nc1ccc(C(=O)O)c(O)c1)Nc1cnns1. The standard InChI is InChI=1S/C10H8N4O4S/c15-7-3-5(1-2-6(7)9(16)17)12-10(18)13-8-4-11-14-19-8/h1-4,15H,(H,16,17)(H2,12,13,18). The van der Waals surface area contributed by atoms with Crippen LogP contribution in [0.2, 0.25) is 0 Å². The Labute approximate surface area is 110 Å². The number of nitrogens with one attached hydrogen (secondary N) is 2. The zero-order valence-corrected chi connectivity index (χ0v) is 10.1. The highest BCUT2D eigenvalue weighted by Gasteiger charge is 2.11. The van der Waals surface area contributed by atoms with Crippen molar-refractivity contribution in [1.82, 2.24) is 9.59 Å². The van der Waals surface area contributed by atoms with Gasteiger partial charge in [0.1, 0.15) is 16.3 Å². The van der Waals surface area contributed by atoms with E-state index in [0.29, 0.717) is 5.00 Å². The van der Waals surface area contributed by atoms with Crippen LogP contribution in [0.3, 0.4) is 0 Å². The minimum absolute atomic E-state index is 0.238. The van der Waals surface area contributed by atoms with Gasteiger partial charge < -0.3 is 15.5 Å². The molecule has 0 aliphatic heterocycles. The number of carbonyl (C=O) groups excluding carboxylic acids is 1. The molecule has 9 heteroatoms. The number of anilines is 2. The molecule has 4 N–H and O–H groups in total. The van der Waals surface area contributed by atoms with E-state index in [0.717, 1.165) is 17.6 Å². The summed E-state index contributed by atoms with van der Waals surface area (Å²) in [5.74, 6) is -1.67. The molecule has 1 heterocycles. The van der Waals surface area contributed by atoms with Crippen molar-refractivity contribution >= 4 is 34.2 Å². The predicted molar refractivity (Wildman–Crippen MR) is 67.6 cm³/mol. The summed E-state index contributed by atoms with van der Waals surface area (Å²) in [6.07, 6.45) is 1.38. The Morgan fingerprint density at radius 2 is 2.05 bits per heavy atom. The number of aromatic carboxylic acids is 1. The molecule has 0 radical (unpaired) electrons. The van der Waals surface area contributed by atoms with E-state index in [2.05, 4.69) is 20.2 Å². The Hall–Kier alpha value is -2.68. The zero-order chi connectivity index (χ0) is 13.8. The maximum absolute atomic E-state index is 11.5. The maximum Gasteiger partial charge on any atom is 0.339 e. The predicted octanol–water partition coefficient (Wildman–Crippen LogP) is 1.59. The fourth-order valence-corrected chi connectivity index (χ4v) is 1.70. The topological polar surface area (TPSA) is 124 Å². The monoisotopic (exact) mass is 280 g/mol. The lowest BCUT2D eigenvalue weighted by atomic mass is 10.2. The Morgan fingerprint density at radius 1 is 1.26 bits per heavy atom. The first-order chi connectivity index (χ1) is 9.06. The van der Waals surface area contributed by atoms with Gasteiger partial charge in [0.15, 0.2) is 0 Å². The van der Waals surface area contributed by atoms with Crippen molar-refractivity contribution in [3.05, 3.63) is 30.0 Å². The van der Waals surface area contributed by atoms with Crippen LogP contribution in [0.25, 0.3) is 0 Å². The van der Waals surface area contributed by atoms with Gasteiger partial charge in [0, 0.05) is 23.3 Å². The molecule has 0 aliphatic carbocycles. The largest absolute Gasteiger partial charge is 0.507 e. The van der Waals surface area contributed by atoms with Crippen LogP contribution in [-0.4, -0.2) is 31.8 Å². The fraction of sp³-hybridized carbons (Fsp3) is 0. The summed E-state index contributed by atoms with van der Waals surface area (Å²) >= 11 is 1.01. The van der Waals surface area contributed by atoms with Crippen LogP contribution in [0.1, 0.15) is 10.4 Å². The number of urea groups is 1. The highest BCUT2D eigenvalue weighted by molar-refractivity contribution is 7.10. The van der Waals surface area contributed by atoms with Crippen molar-refractivity contribution < 1.29 is 19.8 Å². The maximum atomic E-state index is 11.5. The Kier molecular flexibility index (Phi) is 3.57. The number of carboxylic acids is 1. The Bertz CT molecular complexity index is 614. The highest BCUT2D eigenvalue weighted by Crippen LogP contribution is 2.22.